The van der Waals surface area contributed by atoms with Crippen LogP contribution in [-0.2, 0) is 46.3 Å². The molecule has 8 rings (SSSR count). The number of carbonyl (C=O) groups excluding carboxylic acids is 5. The van der Waals surface area contributed by atoms with E-state index in [-0.39, 0.29) is 55.6 Å². The highest BCUT2D eigenvalue weighted by Gasteiger charge is 2.40. The van der Waals surface area contributed by atoms with E-state index in [4.69, 9.17) is 9.47 Å². The van der Waals surface area contributed by atoms with Crippen LogP contribution in [-0.4, -0.2) is 124 Å². The number of benzene rings is 2. The molecule has 1 unspecified atom stereocenters. The molecule has 3 N–H and O–H groups in total. The normalized spacial score (nSPS) is 22.1. The Morgan fingerprint density at radius 3 is 2.55 bits per heavy atom. The lowest BCUT2D eigenvalue weighted by Crippen LogP contribution is -2.62. The smallest absolute Gasteiger partial charge is 0.324 e. The van der Waals surface area contributed by atoms with Gasteiger partial charge in [-0.3, -0.25) is 34.0 Å². The third kappa shape index (κ3) is 9.00. The fraction of sp³-hybridized carbons (Fsp3) is 0.469. The quantitative estimate of drug-likeness (QED) is 0.165. The maximum Gasteiger partial charge on any atom is 0.324 e. The number of aromatic nitrogens is 2. The number of pyridine rings is 1. The summed E-state index contributed by atoms with van der Waals surface area (Å²) in [6.45, 7) is 13.6. The molecule has 0 spiro atoms. The Morgan fingerprint density at radius 2 is 1.84 bits per heavy atom. The van der Waals surface area contributed by atoms with Crippen molar-refractivity contribution in [2.45, 2.75) is 84.0 Å². The molecule has 4 aliphatic rings. The lowest BCUT2D eigenvalue weighted by atomic mass is 9.84. The average Bonchev–Trinajstić information content (AvgIpc) is 3.87. The van der Waals surface area contributed by atoms with Crippen LogP contribution in [0.25, 0.3) is 33.3 Å². The maximum atomic E-state index is 14.7. The number of hydrazine groups is 1. The van der Waals surface area contributed by atoms with Crippen molar-refractivity contribution >= 4 is 40.5 Å². The second kappa shape index (κ2) is 18.2. The third-order valence-electron chi connectivity index (χ3n) is 13.1. The summed E-state index contributed by atoms with van der Waals surface area (Å²) < 4.78 is 14.1. The fourth-order valence-corrected chi connectivity index (χ4v) is 9.80. The van der Waals surface area contributed by atoms with Gasteiger partial charge in [0, 0.05) is 67.4 Å². The maximum absolute atomic E-state index is 14.7. The minimum absolute atomic E-state index is 0.00606. The van der Waals surface area contributed by atoms with E-state index < -0.39 is 47.2 Å². The van der Waals surface area contributed by atoms with Crippen LogP contribution in [0.3, 0.4) is 0 Å². The van der Waals surface area contributed by atoms with Crippen molar-refractivity contribution in [1.29, 1.82) is 0 Å². The summed E-state index contributed by atoms with van der Waals surface area (Å²) >= 11 is 0. The van der Waals surface area contributed by atoms with Gasteiger partial charge in [0.1, 0.15) is 23.9 Å². The number of likely N-dealkylation sites (N-methyl/N-ethyl adjacent to an activating group) is 1. The zero-order valence-electron chi connectivity index (χ0n) is 37.3. The summed E-state index contributed by atoms with van der Waals surface area (Å²) in [6.07, 6.45) is 6.82. The number of fused-ring (bicyclic) bond motifs is 6. The highest BCUT2D eigenvalue weighted by molar-refractivity contribution is 5.96. The molecule has 0 aliphatic carbocycles. The van der Waals surface area contributed by atoms with Gasteiger partial charge in [0.25, 0.3) is 5.91 Å². The fourth-order valence-electron chi connectivity index (χ4n) is 9.80. The lowest BCUT2D eigenvalue weighted by Gasteiger charge is -2.37. The Kier molecular flexibility index (Phi) is 12.7. The monoisotopic (exact) mass is 873 g/mol. The van der Waals surface area contributed by atoms with Crippen molar-refractivity contribution in [2.75, 3.05) is 46.5 Å². The van der Waals surface area contributed by atoms with Gasteiger partial charge >= 0.3 is 5.97 Å². The second-order valence-corrected chi connectivity index (χ2v) is 18.9. The van der Waals surface area contributed by atoms with E-state index in [0.717, 1.165) is 38.9 Å². The van der Waals surface area contributed by atoms with Gasteiger partial charge in [-0.05, 0) is 96.3 Å². The molecule has 6 bridgehead atoms. The number of aromatic hydroxyl groups is 1. The number of nitrogens with one attached hydrogen (secondary N) is 2. The number of hydrogen-bond acceptors (Lipinski definition) is 10. The predicted octanol–water partition coefficient (Wildman–Crippen LogP) is 4.81. The van der Waals surface area contributed by atoms with Crippen LogP contribution >= 0.6 is 0 Å². The van der Waals surface area contributed by atoms with Gasteiger partial charge in [-0.2, -0.15) is 0 Å². The summed E-state index contributed by atoms with van der Waals surface area (Å²) in [5, 5.41) is 16.7. The number of rotatable bonds is 8. The number of cyclic esters (lactones) is 1. The topological polar surface area (TPSA) is 176 Å². The van der Waals surface area contributed by atoms with Crippen LogP contribution in [0.1, 0.15) is 64.1 Å². The molecule has 4 amide bonds. The minimum atomic E-state index is -1.16. The molecule has 15 heteroatoms. The molecule has 4 aliphatic heterocycles. The molecule has 64 heavy (non-hydrogen) atoms. The van der Waals surface area contributed by atoms with Gasteiger partial charge in [0.2, 0.25) is 17.7 Å². The summed E-state index contributed by atoms with van der Waals surface area (Å²) in [5.74, 6) is -2.84. The number of ether oxygens (including phenoxy) is 2. The second-order valence-electron chi connectivity index (χ2n) is 18.9. The molecule has 15 nitrogen and oxygen atoms in total. The van der Waals surface area contributed by atoms with E-state index in [9.17, 15) is 29.1 Å². The van der Waals surface area contributed by atoms with E-state index in [1.807, 2.05) is 38.2 Å². The van der Waals surface area contributed by atoms with Crippen molar-refractivity contribution in [2.24, 2.45) is 17.3 Å². The molecule has 338 valence electrons. The SMILES string of the molecule is C=CC(=O)N1CC[C@H](C(=O)N(C)C(C(=O)N[C@H]2Cc3cc(O)cc(c3)-c3ccc4c(c3)c(c(-c3cccnc3)n4C3COC3)CC(C)(C)COC(=O)[C@@H]3CCCN(N3)C2=O)C(C)C)C1. The van der Waals surface area contributed by atoms with Crippen LogP contribution in [0.5, 0.6) is 5.75 Å². The van der Waals surface area contributed by atoms with E-state index in [0.29, 0.717) is 51.0 Å². The van der Waals surface area contributed by atoms with E-state index in [1.165, 1.54) is 16.0 Å². The van der Waals surface area contributed by atoms with Crippen LogP contribution < -0.4 is 10.7 Å². The molecule has 6 heterocycles. The van der Waals surface area contributed by atoms with Crippen molar-refractivity contribution in [3.05, 3.63) is 84.7 Å². The highest BCUT2D eigenvalue weighted by Crippen LogP contribution is 2.43. The van der Waals surface area contributed by atoms with Crippen LogP contribution in [0, 0.1) is 17.3 Å². The van der Waals surface area contributed by atoms with Gasteiger partial charge in [-0.1, -0.05) is 46.4 Å². The molecule has 2 aromatic heterocycles. The average molecular weight is 874 g/mol. The Morgan fingerprint density at radius 1 is 1.05 bits per heavy atom. The van der Waals surface area contributed by atoms with Gasteiger partial charge in [-0.25, -0.2) is 5.43 Å². The highest BCUT2D eigenvalue weighted by atomic mass is 16.5. The number of esters is 1. The van der Waals surface area contributed by atoms with Crippen molar-refractivity contribution in [3.8, 4) is 28.1 Å². The van der Waals surface area contributed by atoms with Gasteiger partial charge < -0.3 is 34.3 Å². The first kappa shape index (κ1) is 44.5. The number of hydrogen-bond donors (Lipinski definition) is 3. The minimum Gasteiger partial charge on any atom is -0.508 e. The first-order valence-electron chi connectivity index (χ1n) is 22.3. The van der Waals surface area contributed by atoms with Crippen LogP contribution in [0.2, 0.25) is 0 Å². The molecule has 3 fully saturated rings. The Labute approximate surface area is 373 Å². The van der Waals surface area contributed by atoms with Gasteiger partial charge in [0.05, 0.1) is 37.5 Å². The number of phenolic OH excluding ortho intramolecular Hbond substituents is 1. The molecular formula is C49H59N7O8. The van der Waals surface area contributed by atoms with Gasteiger partial charge in [0.15, 0.2) is 0 Å². The summed E-state index contributed by atoms with van der Waals surface area (Å²) in [4.78, 5) is 76.7. The third-order valence-corrected chi connectivity index (χ3v) is 13.1. The molecule has 4 atom stereocenters. The Bertz CT molecular complexity index is 2460. The van der Waals surface area contributed by atoms with Gasteiger partial charge in [-0.15, -0.1) is 0 Å². The van der Waals surface area contributed by atoms with Crippen molar-refractivity contribution < 1.29 is 38.6 Å². The van der Waals surface area contributed by atoms with E-state index in [2.05, 4.69) is 58.9 Å². The molecule has 0 saturated carbocycles. The Balaban J connectivity index is 1.19. The molecule has 3 saturated heterocycles. The standard InChI is InChI=1S/C49H59N7O8/c1-7-42(58)54-17-14-33(25-54)46(60)53(6)43(29(2)3)45(59)51-40-20-30-18-34(21-36(57)19-30)31-12-13-41-37(22-31)38(44(32-10-8-15-50-24-32)56(41)35-26-63-27-35)23-49(4,5)28-64-48(62)39-11-9-16-55(52-39)47(40)61/h7-8,10,12-13,15,18-19,21-22,24,29,33,35,39-40,43,52,57H,1,9,11,14,16-17,20,23,25-28H2,2-6H3,(H,51,59)/t33-,39-,40-,43?/m0/s1. The van der Waals surface area contributed by atoms with E-state index >= 15 is 0 Å². The number of nitrogens with zero attached hydrogens (tertiary/aromatic N) is 5. The zero-order chi connectivity index (χ0) is 45.4. The predicted molar refractivity (Wildman–Crippen MR) is 240 cm³/mol. The number of likely N-dealkylation sites (tertiary alicyclic amines) is 1. The van der Waals surface area contributed by atoms with Crippen LogP contribution in [0.4, 0.5) is 0 Å². The largest absolute Gasteiger partial charge is 0.508 e. The summed E-state index contributed by atoms with van der Waals surface area (Å²) in [6, 6.07) is 12.6. The lowest BCUT2D eigenvalue weighted by molar-refractivity contribution is -0.155. The zero-order valence-corrected chi connectivity index (χ0v) is 37.3. The Hall–Kier alpha value is -6.06. The first-order chi connectivity index (χ1) is 30.6. The van der Waals surface area contributed by atoms with Crippen LogP contribution in [0.15, 0.2) is 73.6 Å². The molecule has 4 aromatic rings. The van der Waals surface area contributed by atoms with Crippen molar-refractivity contribution in [3.63, 3.8) is 0 Å². The first-order valence-corrected chi connectivity index (χ1v) is 22.3. The molecule has 2 aromatic carbocycles. The van der Waals surface area contributed by atoms with E-state index in [1.54, 1.807) is 30.3 Å². The number of carbonyl (C=O) groups is 5. The molecule has 0 radical (unpaired) electrons. The number of amides is 4. The molecular weight excluding hydrogens is 815 g/mol. The van der Waals surface area contributed by atoms with Crippen molar-refractivity contribution in [1.82, 2.24) is 35.1 Å². The summed E-state index contributed by atoms with van der Waals surface area (Å²) in [7, 11) is 1.58. The summed E-state index contributed by atoms with van der Waals surface area (Å²) in [5.41, 5.74) is 8.83. The number of phenols is 1.